The molecule has 0 aromatic carbocycles. The fourth-order valence-electron chi connectivity index (χ4n) is 0.406. The van der Waals surface area contributed by atoms with Gasteiger partial charge in [0, 0.05) is 0 Å². The van der Waals surface area contributed by atoms with Gasteiger partial charge in [0.05, 0.1) is 0 Å². The molecule has 0 aromatic rings. The highest BCUT2D eigenvalue weighted by Gasteiger charge is 1.73. The molecule has 0 spiro atoms. The van der Waals surface area contributed by atoms with Crippen LogP contribution < -0.4 is 5.32 Å². The van der Waals surface area contributed by atoms with Crippen molar-refractivity contribution in [3.8, 4) is 0 Å². The van der Waals surface area contributed by atoms with Gasteiger partial charge in [0.2, 0.25) is 0 Å². The third kappa shape index (κ3) is 2.00. The Hall–Kier alpha value is -0.760. The van der Waals surface area contributed by atoms with Crippen LogP contribution in [-0.4, -0.2) is 5.48 Å². The first kappa shape index (κ1) is 6.24. The first-order valence-corrected chi connectivity index (χ1v) is 2.06. The van der Waals surface area contributed by atoms with Crippen molar-refractivity contribution in [1.82, 2.24) is 5.32 Å². The first-order valence-electron chi connectivity index (χ1n) is 2.06. The van der Waals surface area contributed by atoms with E-state index in [2.05, 4.69) is 17.5 Å². The summed E-state index contributed by atoms with van der Waals surface area (Å²) in [5.74, 6) is 0. The van der Waals surface area contributed by atoms with Crippen LogP contribution in [0.1, 0.15) is 6.42 Å². The number of rotatable bonds is 0. The van der Waals surface area contributed by atoms with Gasteiger partial charge in [0.15, 0.2) is 0 Å². The Morgan fingerprint density at radius 2 is 1.71 bits per heavy atom. The first-order chi connectivity index (χ1) is 3.00. The van der Waals surface area contributed by atoms with Gasteiger partial charge in [-0.15, -0.1) is 0 Å². The monoisotopic (exact) mass is 99.1 g/mol. The molecule has 0 aromatic heterocycles. The number of dihydropyridines is 1. The summed E-state index contributed by atoms with van der Waals surface area (Å²) in [5, 5.41) is 2.92. The maximum absolute atomic E-state index is 2.92. The summed E-state index contributed by atoms with van der Waals surface area (Å²) in [5.41, 5.74) is 0. The topological polar surface area (TPSA) is 43.5 Å². The van der Waals surface area contributed by atoms with Crippen LogP contribution in [0.5, 0.6) is 0 Å². The second-order valence-electron chi connectivity index (χ2n) is 1.21. The van der Waals surface area contributed by atoms with E-state index in [1.165, 1.54) is 0 Å². The minimum Gasteiger partial charge on any atom is -0.412 e. The van der Waals surface area contributed by atoms with Crippen molar-refractivity contribution >= 4 is 0 Å². The van der Waals surface area contributed by atoms with E-state index in [1.807, 2.05) is 12.4 Å². The second kappa shape index (κ2) is 3.43. The number of hydrogen-bond donors (Lipinski definition) is 1. The van der Waals surface area contributed by atoms with Crippen molar-refractivity contribution in [1.29, 1.82) is 0 Å². The van der Waals surface area contributed by atoms with Crippen LogP contribution in [0, 0.1) is 0 Å². The molecule has 2 heteroatoms. The molecule has 1 aliphatic heterocycles. The largest absolute Gasteiger partial charge is 0.412 e. The molecule has 40 valence electrons. The Kier molecular flexibility index (Phi) is 3.06. The highest BCUT2D eigenvalue weighted by molar-refractivity contribution is 4.98. The second-order valence-corrected chi connectivity index (χ2v) is 1.21. The van der Waals surface area contributed by atoms with E-state index >= 15 is 0 Å². The minimum atomic E-state index is 0. The van der Waals surface area contributed by atoms with Gasteiger partial charge in [0.25, 0.3) is 0 Å². The van der Waals surface area contributed by atoms with Crippen LogP contribution in [-0.2, 0) is 0 Å². The zero-order chi connectivity index (χ0) is 4.24. The molecule has 3 N–H and O–H groups in total. The summed E-state index contributed by atoms with van der Waals surface area (Å²) >= 11 is 0. The fraction of sp³-hybridized carbons (Fsp3) is 0.200. The Labute approximate surface area is 42.8 Å². The van der Waals surface area contributed by atoms with E-state index in [-0.39, 0.29) is 5.48 Å². The molecule has 1 aliphatic rings. The zero-order valence-corrected chi connectivity index (χ0v) is 4.02. The molecule has 1 heterocycles. The predicted octanol–water partition coefficient (Wildman–Crippen LogP) is 0.182. The standard InChI is InChI=1S/C5H7N.H2O/c1-2-4-6-5-3-1;/h2-6H,1H2;1H2. The van der Waals surface area contributed by atoms with Crippen molar-refractivity contribution in [2.45, 2.75) is 6.42 Å². The van der Waals surface area contributed by atoms with Gasteiger partial charge in [-0.05, 0) is 18.8 Å². The molecule has 7 heavy (non-hydrogen) atoms. The van der Waals surface area contributed by atoms with Gasteiger partial charge in [0.1, 0.15) is 0 Å². The molecule has 0 unspecified atom stereocenters. The Morgan fingerprint density at radius 3 is 1.86 bits per heavy atom. The minimum absolute atomic E-state index is 0. The third-order valence-electron chi connectivity index (χ3n) is 0.700. The molecule has 0 fully saturated rings. The predicted molar refractivity (Wildman–Crippen MR) is 29.6 cm³/mol. The SMILES string of the molecule is C1=CNC=CC1.O. The average molecular weight is 99.1 g/mol. The van der Waals surface area contributed by atoms with Crippen LogP contribution in [0.4, 0.5) is 0 Å². The maximum atomic E-state index is 2.92. The smallest absolute Gasteiger partial charge is 0.00326 e. The van der Waals surface area contributed by atoms with E-state index in [9.17, 15) is 0 Å². The molecule has 2 nitrogen and oxygen atoms in total. The average Bonchev–Trinajstić information content (AvgIpc) is 1.72. The lowest BCUT2D eigenvalue weighted by atomic mass is 10.4. The van der Waals surface area contributed by atoms with Crippen molar-refractivity contribution in [3.63, 3.8) is 0 Å². The van der Waals surface area contributed by atoms with Gasteiger partial charge in [-0.2, -0.15) is 0 Å². The van der Waals surface area contributed by atoms with Gasteiger partial charge < -0.3 is 10.8 Å². The summed E-state index contributed by atoms with van der Waals surface area (Å²) in [6.07, 6.45) is 9.08. The number of hydrogen-bond acceptors (Lipinski definition) is 1. The lowest BCUT2D eigenvalue weighted by Gasteiger charge is -1.92. The quantitative estimate of drug-likeness (QED) is 0.462. The van der Waals surface area contributed by atoms with Gasteiger partial charge in [-0.3, -0.25) is 0 Å². The molecular formula is C5H9NO. The van der Waals surface area contributed by atoms with Crippen LogP contribution in [0.2, 0.25) is 0 Å². The highest BCUT2D eigenvalue weighted by atomic mass is 16.0. The molecule has 1 rings (SSSR count). The van der Waals surface area contributed by atoms with Crippen LogP contribution in [0.3, 0.4) is 0 Å². The lowest BCUT2D eigenvalue weighted by Crippen LogP contribution is -1.93. The van der Waals surface area contributed by atoms with Gasteiger partial charge >= 0.3 is 0 Å². The highest BCUT2D eigenvalue weighted by Crippen LogP contribution is 1.86. The van der Waals surface area contributed by atoms with Crippen molar-refractivity contribution in [2.75, 3.05) is 0 Å². The third-order valence-corrected chi connectivity index (χ3v) is 0.700. The maximum Gasteiger partial charge on any atom is -0.00326 e. The van der Waals surface area contributed by atoms with Crippen molar-refractivity contribution in [2.24, 2.45) is 0 Å². The van der Waals surface area contributed by atoms with E-state index in [0.717, 1.165) is 6.42 Å². The van der Waals surface area contributed by atoms with Crippen molar-refractivity contribution < 1.29 is 5.48 Å². The van der Waals surface area contributed by atoms with Crippen LogP contribution in [0.15, 0.2) is 24.6 Å². The van der Waals surface area contributed by atoms with Crippen LogP contribution in [0.25, 0.3) is 0 Å². The van der Waals surface area contributed by atoms with Gasteiger partial charge in [-0.25, -0.2) is 0 Å². The summed E-state index contributed by atoms with van der Waals surface area (Å²) in [6.45, 7) is 0. The summed E-state index contributed by atoms with van der Waals surface area (Å²) in [4.78, 5) is 0. The van der Waals surface area contributed by atoms with E-state index in [4.69, 9.17) is 0 Å². The fourth-order valence-corrected chi connectivity index (χ4v) is 0.406. The molecule has 0 bridgehead atoms. The van der Waals surface area contributed by atoms with Crippen molar-refractivity contribution in [3.05, 3.63) is 24.6 Å². The Morgan fingerprint density at radius 1 is 1.14 bits per heavy atom. The molecular weight excluding hydrogens is 90.1 g/mol. The summed E-state index contributed by atoms with van der Waals surface area (Å²) in [7, 11) is 0. The van der Waals surface area contributed by atoms with E-state index < -0.39 is 0 Å². The summed E-state index contributed by atoms with van der Waals surface area (Å²) in [6, 6.07) is 0. The van der Waals surface area contributed by atoms with E-state index in [0.29, 0.717) is 0 Å². The number of allylic oxidation sites excluding steroid dienone is 2. The molecule has 0 saturated carbocycles. The molecule has 0 saturated heterocycles. The Bertz CT molecular complexity index is 66.1. The number of nitrogens with one attached hydrogen (secondary N) is 1. The molecule has 0 atom stereocenters. The molecule has 0 radical (unpaired) electrons. The zero-order valence-electron chi connectivity index (χ0n) is 4.02. The van der Waals surface area contributed by atoms with E-state index in [1.54, 1.807) is 0 Å². The Balaban J connectivity index is 0.000000360. The lowest BCUT2D eigenvalue weighted by molar-refractivity contribution is 0.824. The molecule has 0 amide bonds. The normalized spacial score (nSPS) is 14.9. The molecule has 0 aliphatic carbocycles. The van der Waals surface area contributed by atoms with Crippen LogP contribution >= 0.6 is 0 Å². The summed E-state index contributed by atoms with van der Waals surface area (Å²) < 4.78 is 0. The van der Waals surface area contributed by atoms with Gasteiger partial charge in [-0.1, -0.05) is 12.2 Å².